The van der Waals surface area contributed by atoms with Gasteiger partial charge in [-0.05, 0) is 103 Å². The van der Waals surface area contributed by atoms with Crippen molar-refractivity contribution in [2.45, 2.75) is 82.0 Å². The molecular weight excluding hydrogens is 574 g/mol. The van der Waals surface area contributed by atoms with E-state index in [1.165, 1.54) is 17.7 Å². The largest absolute Gasteiger partial charge is 0.375 e. The number of hydrogen-bond donors (Lipinski definition) is 0. The lowest BCUT2D eigenvalue weighted by atomic mass is 9.83. The molecule has 2 aromatic carbocycles. The molecule has 6 atom stereocenters. The standard InChI is InChI=1S/C32H37ClF2N6O2/c1-18-9-26(19(2)41-17-36-37-38-41)27(14-30(18)33)20-5-7-39(8-6-20)32(42)29-13-22(40-15-24-11-23(40)16-43-24)12-28(29)25-4-3-21(34)10-31(25)35/h3-4,9-10,14,17,19-20,22-24,28-29H,5-8,11-13,15-16H2,1-2H3/t19-,22?,23+,24?,28+,29-/m1/s1. The maximum atomic E-state index is 15.1. The van der Waals surface area contributed by atoms with Crippen molar-refractivity contribution in [2.75, 3.05) is 26.2 Å². The number of aromatic nitrogens is 4. The number of nitrogens with zero attached hydrogens (tertiary/aromatic N) is 6. The molecule has 7 rings (SSSR count). The molecule has 1 aromatic heterocycles. The third kappa shape index (κ3) is 5.36. The number of tetrazole rings is 1. The molecule has 228 valence electrons. The molecule has 0 radical (unpaired) electrons. The minimum atomic E-state index is -0.597. The molecule has 2 bridgehead atoms. The summed E-state index contributed by atoms with van der Waals surface area (Å²) in [5, 5.41) is 12.5. The minimum absolute atomic E-state index is 0.0614. The summed E-state index contributed by atoms with van der Waals surface area (Å²) in [5.74, 6) is -1.47. The first-order chi connectivity index (χ1) is 20.8. The molecule has 3 saturated heterocycles. The first kappa shape index (κ1) is 28.8. The number of fused-ring (bicyclic) bond motifs is 2. The monoisotopic (exact) mass is 610 g/mol. The Hall–Kier alpha value is -2.95. The van der Waals surface area contributed by atoms with Gasteiger partial charge in [0.25, 0.3) is 0 Å². The molecule has 2 unspecified atom stereocenters. The zero-order chi connectivity index (χ0) is 29.8. The number of aryl methyl sites for hydroxylation is 1. The van der Waals surface area contributed by atoms with E-state index in [4.69, 9.17) is 16.3 Å². The van der Waals surface area contributed by atoms with Crippen molar-refractivity contribution in [2.24, 2.45) is 5.92 Å². The number of rotatable bonds is 6. The van der Waals surface area contributed by atoms with E-state index < -0.39 is 11.6 Å². The van der Waals surface area contributed by atoms with Crippen LogP contribution in [0.3, 0.4) is 0 Å². The van der Waals surface area contributed by atoms with Gasteiger partial charge in [0, 0.05) is 48.7 Å². The number of carbonyl (C=O) groups excluding carboxylic acids is 1. The third-order valence-electron chi connectivity index (χ3n) is 10.5. The van der Waals surface area contributed by atoms with E-state index in [0.29, 0.717) is 37.5 Å². The number of ether oxygens (including phenoxy) is 1. The highest BCUT2D eigenvalue weighted by Gasteiger charge is 2.49. The molecule has 1 saturated carbocycles. The van der Waals surface area contributed by atoms with E-state index in [-0.39, 0.29) is 41.8 Å². The SMILES string of the molecule is Cc1cc([C@@H](C)n2cnnn2)c(C2CCN(C(=O)[C@@H]3CC(N4CC5C[C@H]4CO5)C[C@H]3c3ccc(F)cc3F)CC2)cc1Cl. The Balaban J connectivity index is 1.10. The number of carbonyl (C=O) groups is 1. The molecule has 4 aliphatic rings. The second-order valence-corrected chi connectivity index (χ2v) is 13.2. The Kier molecular flexibility index (Phi) is 7.72. The highest BCUT2D eigenvalue weighted by molar-refractivity contribution is 6.31. The first-order valence-electron chi connectivity index (χ1n) is 15.4. The number of piperidine rings is 1. The quantitative estimate of drug-likeness (QED) is 0.379. The van der Waals surface area contributed by atoms with Crippen molar-refractivity contribution < 1.29 is 18.3 Å². The van der Waals surface area contributed by atoms with Crippen molar-refractivity contribution in [1.82, 2.24) is 30.0 Å². The van der Waals surface area contributed by atoms with Crippen LogP contribution in [0.1, 0.15) is 79.2 Å². The number of morpholine rings is 1. The molecule has 1 amide bonds. The van der Waals surface area contributed by atoms with Crippen molar-refractivity contribution in [1.29, 1.82) is 0 Å². The van der Waals surface area contributed by atoms with E-state index in [1.807, 2.05) is 11.8 Å². The Bertz CT molecular complexity index is 1500. The van der Waals surface area contributed by atoms with Gasteiger partial charge in [0.2, 0.25) is 5.91 Å². The van der Waals surface area contributed by atoms with Crippen LogP contribution in [0, 0.1) is 24.5 Å². The molecule has 3 aliphatic heterocycles. The molecule has 43 heavy (non-hydrogen) atoms. The third-order valence-corrected chi connectivity index (χ3v) is 10.9. The number of likely N-dealkylation sites (tertiary alicyclic amines) is 2. The highest BCUT2D eigenvalue weighted by atomic mass is 35.5. The summed E-state index contributed by atoms with van der Waals surface area (Å²) >= 11 is 6.61. The fraction of sp³-hybridized carbons (Fsp3) is 0.562. The predicted molar refractivity (Wildman–Crippen MR) is 157 cm³/mol. The zero-order valence-electron chi connectivity index (χ0n) is 24.5. The normalized spacial score (nSPS) is 28.6. The smallest absolute Gasteiger partial charge is 0.226 e. The molecule has 11 heteroatoms. The lowest BCUT2D eigenvalue weighted by Crippen LogP contribution is -2.44. The van der Waals surface area contributed by atoms with Gasteiger partial charge < -0.3 is 9.64 Å². The van der Waals surface area contributed by atoms with Crippen molar-refractivity contribution in [3.8, 4) is 0 Å². The van der Waals surface area contributed by atoms with Crippen LogP contribution >= 0.6 is 11.6 Å². The summed E-state index contributed by atoms with van der Waals surface area (Å²) in [6.07, 6.45) is 5.88. The predicted octanol–water partition coefficient (Wildman–Crippen LogP) is 5.26. The van der Waals surface area contributed by atoms with Crippen LogP contribution in [0.5, 0.6) is 0 Å². The van der Waals surface area contributed by atoms with Crippen LogP contribution in [0.15, 0.2) is 36.7 Å². The van der Waals surface area contributed by atoms with Crippen LogP contribution in [0.2, 0.25) is 5.02 Å². The molecule has 4 fully saturated rings. The van der Waals surface area contributed by atoms with Crippen LogP contribution in [0.4, 0.5) is 8.78 Å². The Labute approximate surface area is 255 Å². The number of halogens is 3. The average Bonchev–Trinajstić information content (AvgIpc) is 3.83. The van der Waals surface area contributed by atoms with Crippen molar-refractivity contribution >= 4 is 17.5 Å². The van der Waals surface area contributed by atoms with E-state index in [0.717, 1.165) is 54.6 Å². The zero-order valence-corrected chi connectivity index (χ0v) is 25.3. The lowest BCUT2D eigenvalue weighted by Gasteiger charge is -2.36. The first-order valence-corrected chi connectivity index (χ1v) is 15.8. The minimum Gasteiger partial charge on any atom is -0.375 e. The molecule has 0 spiro atoms. The van der Waals surface area contributed by atoms with Gasteiger partial charge in [-0.3, -0.25) is 9.69 Å². The van der Waals surface area contributed by atoms with Crippen molar-refractivity contribution in [3.63, 3.8) is 0 Å². The fourth-order valence-electron chi connectivity index (χ4n) is 8.15. The molecule has 3 aromatic rings. The summed E-state index contributed by atoms with van der Waals surface area (Å²) in [5.41, 5.74) is 3.76. The molecule has 8 nitrogen and oxygen atoms in total. The average molecular weight is 611 g/mol. The highest BCUT2D eigenvalue weighted by Crippen LogP contribution is 2.47. The second kappa shape index (κ2) is 11.5. The van der Waals surface area contributed by atoms with E-state index in [2.05, 4.69) is 39.5 Å². The van der Waals surface area contributed by atoms with Gasteiger partial charge >= 0.3 is 0 Å². The van der Waals surface area contributed by atoms with Gasteiger partial charge in [-0.15, -0.1) is 5.10 Å². The summed E-state index contributed by atoms with van der Waals surface area (Å²) in [6.45, 7) is 6.90. The Morgan fingerprint density at radius 3 is 2.56 bits per heavy atom. The van der Waals surface area contributed by atoms with Gasteiger partial charge in [0.05, 0.1) is 18.8 Å². The maximum Gasteiger partial charge on any atom is 0.226 e. The van der Waals surface area contributed by atoms with Gasteiger partial charge in [0.1, 0.15) is 18.0 Å². The molecular formula is C32H37ClF2N6O2. The van der Waals surface area contributed by atoms with Crippen LogP contribution in [0.25, 0.3) is 0 Å². The summed E-state index contributed by atoms with van der Waals surface area (Å²) in [6, 6.07) is 8.48. The molecule has 0 N–H and O–H groups in total. The maximum absolute atomic E-state index is 15.1. The van der Waals surface area contributed by atoms with Crippen LogP contribution in [-0.2, 0) is 9.53 Å². The van der Waals surface area contributed by atoms with Crippen molar-refractivity contribution in [3.05, 3.63) is 75.6 Å². The Morgan fingerprint density at radius 2 is 1.88 bits per heavy atom. The van der Waals surface area contributed by atoms with Crippen LogP contribution in [-0.4, -0.2) is 80.3 Å². The second-order valence-electron chi connectivity index (χ2n) is 12.8. The number of hydrogen-bond acceptors (Lipinski definition) is 6. The summed E-state index contributed by atoms with van der Waals surface area (Å²) in [4.78, 5) is 18.6. The fourth-order valence-corrected chi connectivity index (χ4v) is 8.32. The molecule has 4 heterocycles. The van der Waals surface area contributed by atoms with Crippen LogP contribution < -0.4 is 0 Å². The van der Waals surface area contributed by atoms with E-state index in [1.54, 1.807) is 11.0 Å². The number of benzene rings is 2. The van der Waals surface area contributed by atoms with Gasteiger partial charge in [0.15, 0.2) is 0 Å². The van der Waals surface area contributed by atoms with Gasteiger partial charge in [-0.1, -0.05) is 23.7 Å². The molecule has 1 aliphatic carbocycles. The Morgan fingerprint density at radius 1 is 1.07 bits per heavy atom. The van der Waals surface area contributed by atoms with Gasteiger partial charge in [-0.25, -0.2) is 13.5 Å². The van der Waals surface area contributed by atoms with E-state index in [9.17, 15) is 9.18 Å². The van der Waals surface area contributed by atoms with Gasteiger partial charge in [-0.2, -0.15) is 0 Å². The summed E-state index contributed by atoms with van der Waals surface area (Å²) < 4.78 is 36.5. The number of amides is 1. The summed E-state index contributed by atoms with van der Waals surface area (Å²) in [7, 11) is 0. The lowest BCUT2D eigenvalue weighted by molar-refractivity contribution is -0.137. The topological polar surface area (TPSA) is 76.4 Å². The van der Waals surface area contributed by atoms with E-state index >= 15 is 4.39 Å².